The van der Waals surface area contributed by atoms with Crippen molar-refractivity contribution in [3.63, 3.8) is 0 Å². The molecule has 0 amide bonds. The van der Waals surface area contributed by atoms with Gasteiger partial charge in [0, 0.05) is 17.8 Å². The van der Waals surface area contributed by atoms with Crippen molar-refractivity contribution >= 4 is 0 Å². The lowest BCUT2D eigenvalue weighted by Gasteiger charge is -2.30. The molecule has 0 aromatic heterocycles. The lowest BCUT2D eigenvalue weighted by atomic mass is 9.74. The van der Waals surface area contributed by atoms with E-state index in [0.29, 0.717) is 0 Å². The molecule has 0 heterocycles. The summed E-state index contributed by atoms with van der Waals surface area (Å²) in [4.78, 5) is 0. The van der Waals surface area contributed by atoms with Crippen LogP contribution in [0.4, 0.5) is 0 Å². The predicted molar refractivity (Wildman–Crippen MR) is 179 cm³/mol. The Morgan fingerprint density at radius 1 is 0.310 bits per heavy atom. The molecule has 0 aliphatic carbocycles. The molecule has 0 aliphatic rings. The first-order valence-electron chi connectivity index (χ1n) is 15.1. The molecule has 0 nitrogen and oxygen atoms in total. The molecule has 6 rings (SSSR count). The van der Waals surface area contributed by atoms with Crippen molar-refractivity contribution in [2.75, 3.05) is 0 Å². The van der Waals surface area contributed by atoms with Crippen LogP contribution >= 0.6 is 0 Å². The lowest BCUT2D eigenvalue weighted by Crippen LogP contribution is -2.13. The third-order valence-corrected chi connectivity index (χ3v) is 8.86. The summed E-state index contributed by atoms with van der Waals surface area (Å²) < 4.78 is 0. The molecule has 3 unspecified atom stereocenters. The summed E-state index contributed by atoms with van der Waals surface area (Å²) >= 11 is 0. The van der Waals surface area contributed by atoms with Crippen molar-refractivity contribution in [3.05, 3.63) is 191 Å². The monoisotopic (exact) mass is 542 g/mol. The SMILES string of the molecule is CC(c1ccccc1)c1ccc(-c2ccc(-c3ccccc3)cc2)c(C(C)c2ccccc2)c1C(C)c1ccccc1. The van der Waals surface area contributed by atoms with E-state index < -0.39 is 0 Å². The van der Waals surface area contributed by atoms with Crippen LogP contribution in [0.5, 0.6) is 0 Å². The van der Waals surface area contributed by atoms with E-state index in [4.69, 9.17) is 0 Å². The summed E-state index contributed by atoms with van der Waals surface area (Å²) in [6.07, 6.45) is 0. The van der Waals surface area contributed by atoms with Gasteiger partial charge in [0.25, 0.3) is 0 Å². The van der Waals surface area contributed by atoms with E-state index in [1.165, 1.54) is 55.6 Å². The Bertz CT molecular complexity index is 1720. The number of benzene rings is 6. The fourth-order valence-corrected chi connectivity index (χ4v) is 6.44. The largest absolute Gasteiger partial charge is 0.0622 e. The average molecular weight is 543 g/mol. The van der Waals surface area contributed by atoms with Gasteiger partial charge in [0.15, 0.2) is 0 Å². The summed E-state index contributed by atoms with van der Waals surface area (Å²) in [5, 5.41) is 0. The molecule has 6 aromatic rings. The molecule has 0 bridgehead atoms. The van der Waals surface area contributed by atoms with Gasteiger partial charge < -0.3 is 0 Å². The van der Waals surface area contributed by atoms with Crippen LogP contribution in [0.3, 0.4) is 0 Å². The molecule has 0 saturated heterocycles. The maximum absolute atomic E-state index is 2.40. The van der Waals surface area contributed by atoms with E-state index in [2.05, 4.69) is 178 Å². The fourth-order valence-electron chi connectivity index (χ4n) is 6.44. The average Bonchev–Trinajstić information content (AvgIpc) is 3.08. The van der Waals surface area contributed by atoms with Crippen LogP contribution in [0.15, 0.2) is 158 Å². The summed E-state index contributed by atoms with van der Waals surface area (Å²) in [6, 6.07) is 57.5. The Balaban J connectivity index is 1.59. The van der Waals surface area contributed by atoms with Crippen LogP contribution in [0.25, 0.3) is 22.3 Å². The van der Waals surface area contributed by atoms with Gasteiger partial charge in [0.2, 0.25) is 0 Å². The first-order chi connectivity index (χ1) is 20.6. The second-order valence-electron chi connectivity index (χ2n) is 11.4. The zero-order chi connectivity index (χ0) is 28.9. The minimum Gasteiger partial charge on any atom is -0.0622 e. The van der Waals surface area contributed by atoms with Crippen molar-refractivity contribution in [2.45, 2.75) is 38.5 Å². The Morgan fingerprint density at radius 2 is 0.690 bits per heavy atom. The van der Waals surface area contributed by atoms with Gasteiger partial charge in [-0.1, -0.05) is 178 Å². The van der Waals surface area contributed by atoms with Crippen LogP contribution in [-0.2, 0) is 0 Å². The second-order valence-corrected chi connectivity index (χ2v) is 11.4. The zero-order valence-electron chi connectivity index (χ0n) is 24.7. The Kier molecular flexibility index (Phi) is 8.15. The molecule has 0 aliphatic heterocycles. The molecule has 0 saturated carbocycles. The summed E-state index contributed by atoms with van der Waals surface area (Å²) in [6.45, 7) is 7.12. The van der Waals surface area contributed by atoms with Gasteiger partial charge in [-0.25, -0.2) is 0 Å². The summed E-state index contributed by atoms with van der Waals surface area (Å²) in [5.41, 5.74) is 13.3. The van der Waals surface area contributed by atoms with Crippen molar-refractivity contribution in [3.8, 4) is 22.3 Å². The normalized spacial score (nSPS) is 13.3. The van der Waals surface area contributed by atoms with Gasteiger partial charge >= 0.3 is 0 Å². The van der Waals surface area contributed by atoms with Gasteiger partial charge in [-0.05, 0) is 55.6 Å². The van der Waals surface area contributed by atoms with E-state index in [0.717, 1.165) is 0 Å². The highest BCUT2D eigenvalue weighted by atomic mass is 14.3. The molecule has 0 N–H and O–H groups in total. The van der Waals surface area contributed by atoms with Crippen LogP contribution in [0, 0.1) is 0 Å². The highest BCUT2D eigenvalue weighted by molar-refractivity contribution is 5.75. The molecule has 0 radical (unpaired) electrons. The Morgan fingerprint density at radius 3 is 1.19 bits per heavy atom. The third kappa shape index (κ3) is 5.58. The maximum atomic E-state index is 2.40. The van der Waals surface area contributed by atoms with Crippen molar-refractivity contribution in [1.29, 1.82) is 0 Å². The van der Waals surface area contributed by atoms with Gasteiger partial charge in [-0.15, -0.1) is 0 Å². The molecule has 0 spiro atoms. The van der Waals surface area contributed by atoms with E-state index in [1.807, 2.05) is 0 Å². The van der Waals surface area contributed by atoms with Crippen LogP contribution < -0.4 is 0 Å². The van der Waals surface area contributed by atoms with Gasteiger partial charge in [0.1, 0.15) is 0 Å². The molecule has 206 valence electrons. The summed E-state index contributed by atoms with van der Waals surface area (Å²) in [7, 11) is 0. The van der Waals surface area contributed by atoms with E-state index in [-0.39, 0.29) is 17.8 Å². The lowest BCUT2D eigenvalue weighted by molar-refractivity contribution is 0.801. The molecule has 0 heteroatoms. The zero-order valence-corrected chi connectivity index (χ0v) is 24.7. The first-order valence-corrected chi connectivity index (χ1v) is 15.1. The molecule has 6 aromatic carbocycles. The molecule has 0 fully saturated rings. The minimum atomic E-state index is 0.221. The van der Waals surface area contributed by atoms with Crippen molar-refractivity contribution in [1.82, 2.24) is 0 Å². The van der Waals surface area contributed by atoms with Gasteiger partial charge in [-0.2, -0.15) is 0 Å². The van der Waals surface area contributed by atoms with E-state index in [9.17, 15) is 0 Å². The number of hydrogen-bond acceptors (Lipinski definition) is 0. The topological polar surface area (TPSA) is 0 Å². The number of rotatable bonds is 8. The second kappa shape index (κ2) is 12.5. The van der Waals surface area contributed by atoms with Crippen molar-refractivity contribution < 1.29 is 0 Å². The van der Waals surface area contributed by atoms with E-state index in [1.54, 1.807) is 0 Å². The highest BCUT2D eigenvalue weighted by Crippen LogP contribution is 2.45. The van der Waals surface area contributed by atoms with Crippen LogP contribution in [-0.4, -0.2) is 0 Å². The Hall–Kier alpha value is -4.68. The Labute approximate surface area is 251 Å². The number of hydrogen-bond donors (Lipinski definition) is 0. The fraction of sp³-hybridized carbons (Fsp3) is 0.143. The maximum Gasteiger partial charge on any atom is 0.00702 e. The quantitative estimate of drug-likeness (QED) is 0.179. The minimum absolute atomic E-state index is 0.221. The van der Waals surface area contributed by atoms with Gasteiger partial charge in [0.05, 0.1) is 0 Å². The summed E-state index contributed by atoms with van der Waals surface area (Å²) in [5.74, 6) is 0.722. The molecule has 3 atom stereocenters. The first kappa shape index (κ1) is 27.5. The van der Waals surface area contributed by atoms with Crippen LogP contribution in [0.1, 0.15) is 71.9 Å². The van der Waals surface area contributed by atoms with Gasteiger partial charge in [-0.3, -0.25) is 0 Å². The molecular formula is C42H38. The standard InChI is InChI=1S/C42H38/c1-30(33-16-8-4-9-17-33)39-28-29-40(38-26-24-37(25-27-38)36-22-14-7-15-23-36)42(32(3)35-20-12-6-13-21-35)41(39)31(2)34-18-10-5-11-19-34/h4-32H,1-3H3. The highest BCUT2D eigenvalue weighted by Gasteiger charge is 2.27. The molecular weight excluding hydrogens is 504 g/mol. The smallest absolute Gasteiger partial charge is 0.00702 e. The third-order valence-electron chi connectivity index (χ3n) is 8.86. The van der Waals surface area contributed by atoms with Crippen LogP contribution in [0.2, 0.25) is 0 Å². The molecule has 42 heavy (non-hydrogen) atoms. The predicted octanol–water partition coefficient (Wildman–Crippen LogP) is 11.5. The van der Waals surface area contributed by atoms with E-state index >= 15 is 0 Å². The van der Waals surface area contributed by atoms with Crippen molar-refractivity contribution in [2.24, 2.45) is 0 Å².